The van der Waals surface area contributed by atoms with Crippen molar-refractivity contribution >= 4 is 23.6 Å². The van der Waals surface area contributed by atoms with Crippen LogP contribution in [0.2, 0.25) is 0 Å². The van der Waals surface area contributed by atoms with Gasteiger partial charge in [0.25, 0.3) is 11.8 Å². The molecule has 0 fully saturated rings. The van der Waals surface area contributed by atoms with Crippen molar-refractivity contribution in [1.29, 1.82) is 0 Å². The van der Waals surface area contributed by atoms with Crippen LogP contribution in [0.3, 0.4) is 0 Å². The topological polar surface area (TPSA) is 57.6 Å². The van der Waals surface area contributed by atoms with Crippen molar-refractivity contribution < 1.29 is 14.7 Å². The van der Waals surface area contributed by atoms with Gasteiger partial charge in [-0.2, -0.15) is 0 Å². The highest BCUT2D eigenvalue weighted by Crippen LogP contribution is 2.32. The van der Waals surface area contributed by atoms with Crippen molar-refractivity contribution in [2.45, 2.75) is 9.79 Å². The number of hydrogen-bond acceptors (Lipinski definition) is 4. The predicted molar refractivity (Wildman–Crippen MR) is 75.1 cm³/mol. The first-order valence-electron chi connectivity index (χ1n) is 5.99. The lowest BCUT2D eigenvalue weighted by Crippen LogP contribution is -2.24. The number of carbonyl (C=O) groups excluding carboxylic acids is 2. The molecule has 2 aromatic carbocycles. The van der Waals surface area contributed by atoms with Gasteiger partial charge in [-0.1, -0.05) is 11.8 Å². The van der Waals surface area contributed by atoms with Crippen LogP contribution in [0.15, 0.2) is 52.3 Å². The van der Waals surface area contributed by atoms with Crippen LogP contribution in [0.4, 0.5) is 0 Å². The van der Waals surface area contributed by atoms with Crippen molar-refractivity contribution in [2.75, 3.05) is 7.05 Å². The lowest BCUT2D eigenvalue weighted by Gasteiger charge is -2.03. The van der Waals surface area contributed by atoms with E-state index in [-0.39, 0.29) is 17.6 Å². The number of phenols is 1. The first kappa shape index (κ1) is 12.7. The van der Waals surface area contributed by atoms with Crippen molar-refractivity contribution in [2.24, 2.45) is 0 Å². The summed E-state index contributed by atoms with van der Waals surface area (Å²) in [7, 11) is 1.48. The molecule has 0 unspecified atom stereocenters. The Morgan fingerprint density at radius 2 is 1.50 bits per heavy atom. The molecule has 2 amide bonds. The number of amides is 2. The fourth-order valence-corrected chi connectivity index (χ4v) is 2.91. The van der Waals surface area contributed by atoms with Gasteiger partial charge in [0, 0.05) is 16.8 Å². The maximum absolute atomic E-state index is 11.9. The highest BCUT2D eigenvalue weighted by molar-refractivity contribution is 7.99. The van der Waals surface area contributed by atoms with E-state index in [0.717, 1.165) is 14.7 Å². The largest absolute Gasteiger partial charge is 0.508 e. The van der Waals surface area contributed by atoms with Crippen LogP contribution in [0.1, 0.15) is 20.7 Å². The van der Waals surface area contributed by atoms with Gasteiger partial charge in [0.1, 0.15) is 5.75 Å². The van der Waals surface area contributed by atoms with E-state index in [1.54, 1.807) is 36.4 Å². The molecule has 0 spiro atoms. The van der Waals surface area contributed by atoms with E-state index < -0.39 is 0 Å². The van der Waals surface area contributed by atoms with Gasteiger partial charge in [0.15, 0.2) is 0 Å². The predicted octanol–water partition coefficient (Wildman–Crippen LogP) is 2.77. The van der Waals surface area contributed by atoms with Gasteiger partial charge in [-0.3, -0.25) is 14.5 Å². The molecule has 0 atom stereocenters. The molecule has 0 bridgehead atoms. The quantitative estimate of drug-likeness (QED) is 0.862. The van der Waals surface area contributed by atoms with Crippen LogP contribution >= 0.6 is 11.8 Å². The van der Waals surface area contributed by atoms with E-state index in [1.807, 2.05) is 6.07 Å². The zero-order valence-corrected chi connectivity index (χ0v) is 11.5. The van der Waals surface area contributed by atoms with Crippen molar-refractivity contribution in [3.8, 4) is 5.75 Å². The number of fused-ring (bicyclic) bond motifs is 1. The molecule has 0 aliphatic carbocycles. The Hall–Kier alpha value is -2.27. The van der Waals surface area contributed by atoms with Gasteiger partial charge in [-0.05, 0) is 42.5 Å². The van der Waals surface area contributed by atoms with Gasteiger partial charge in [0.2, 0.25) is 0 Å². The molecule has 2 aromatic rings. The molecular weight excluding hydrogens is 274 g/mol. The molecule has 0 saturated carbocycles. The second-order valence-electron chi connectivity index (χ2n) is 4.47. The summed E-state index contributed by atoms with van der Waals surface area (Å²) in [6.45, 7) is 0. The fourth-order valence-electron chi connectivity index (χ4n) is 2.05. The van der Waals surface area contributed by atoms with Crippen LogP contribution in [-0.4, -0.2) is 28.9 Å². The SMILES string of the molecule is CN1C(=O)c2ccc(Sc3ccc(O)cc3)cc2C1=O. The maximum atomic E-state index is 11.9. The zero-order valence-electron chi connectivity index (χ0n) is 10.7. The number of benzene rings is 2. The molecule has 1 N–H and O–H groups in total. The maximum Gasteiger partial charge on any atom is 0.261 e. The van der Waals surface area contributed by atoms with Crippen LogP contribution in [0, 0.1) is 0 Å². The summed E-state index contributed by atoms with van der Waals surface area (Å²) in [4.78, 5) is 26.7. The van der Waals surface area contributed by atoms with Crippen LogP contribution in [0.25, 0.3) is 0 Å². The number of phenolic OH excluding ortho intramolecular Hbond substituents is 1. The van der Waals surface area contributed by atoms with E-state index in [1.165, 1.54) is 18.8 Å². The number of nitrogens with zero attached hydrogens (tertiary/aromatic N) is 1. The summed E-state index contributed by atoms with van der Waals surface area (Å²) in [6, 6.07) is 12.0. The van der Waals surface area contributed by atoms with Gasteiger partial charge in [-0.15, -0.1) is 0 Å². The monoisotopic (exact) mass is 285 g/mol. The van der Waals surface area contributed by atoms with Crippen molar-refractivity contribution in [3.05, 3.63) is 53.6 Å². The molecule has 1 aliphatic heterocycles. The van der Waals surface area contributed by atoms with Gasteiger partial charge >= 0.3 is 0 Å². The molecule has 0 radical (unpaired) electrons. The lowest BCUT2D eigenvalue weighted by atomic mass is 10.1. The van der Waals surface area contributed by atoms with E-state index in [2.05, 4.69) is 0 Å². The smallest absolute Gasteiger partial charge is 0.261 e. The van der Waals surface area contributed by atoms with E-state index in [0.29, 0.717) is 11.1 Å². The number of carbonyl (C=O) groups is 2. The number of rotatable bonds is 2. The molecule has 3 rings (SSSR count). The number of imide groups is 1. The Morgan fingerprint density at radius 3 is 2.20 bits per heavy atom. The summed E-state index contributed by atoms with van der Waals surface area (Å²) in [5.41, 5.74) is 0.897. The van der Waals surface area contributed by atoms with E-state index in [4.69, 9.17) is 0 Å². The van der Waals surface area contributed by atoms with E-state index >= 15 is 0 Å². The van der Waals surface area contributed by atoms with Crippen LogP contribution in [0.5, 0.6) is 5.75 Å². The Balaban J connectivity index is 1.92. The lowest BCUT2D eigenvalue weighted by molar-refractivity contribution is 0.0693. The highest BCUT2D eigenvalue weighted by Gasteiger charge is 2.32. The molecule has 5 heteroatoms. The fraction of sp³-hybridized carbons (Fsp3) is 0.0667. The summed E-state index contributed by atoms with van der Waals surface area (Å²) >= 11 is 1.47. The minimum atomic E-state index is -0.266. The molecule has 20 heavy (non-hydrogen) atoms. The Kier molecular flexibility index (Phi) is 2.99. The Morgan fingerprint density at radius 1 is 0.900 bits per heavy atom. The summed E-state index contributed by atoms with van der Waals surface area (Å²) < 4.78 is 0. The summed E-state index contributed by atoms with van der Waals surface area (Å²) in [5, 5.41) is 9.25. The zero-order chi connectivity index (χ0) is 14.3. The molecule has 4 nitrogen and oxygen atoms in total. The Labute approximate surface area is 120 Å². The molecule has 1 heterocycles. The van der Waals surface area contributed by atoms with Crippen LogP contribution < -0.4 is 0 Å². The second kappa shape index (κ2) is 4.68. The molecule has 100 valence electrons. The number of aromatic hydroxyl groups is 1. The average molecular weight is 285 g/mol. The molecule has 0 aromatic heterocycles. The standard InChI is InChI=1S/C15H11NO3S/c1-16-14(18)12-7-6-11(8-13(12)15(16)19)20-10-4-2-9(17)3-5-10/h2-8,17H,1H3. The second-order valence-corrected chi connectivity index (χ2v) is 5.62. The first-order chi connectivity index (χ1) is 9.56. The van der Waals surface area contributed by atoms with Crippen molar-refractivity contribution in [3.63, 3.8) is 0 Å². The molecule has 1 aliphatic rings. The normalized spacial score (nSPS) is 13.8. The minimum absolute atomic E-state index is 0.214. The highest BCUT2D eigenvalue weighted by atomic mass is 32.2. The third-order valence-corrected chi connectivity index (χ3v) is 4.13. The summed E-state index contributed by atoms with van der Waals surface area (Å²) in [6.07, 6.45) is 0. The third-order valence-electron chi connectivity index (χ3n) is 3.13. The van der Waals surface area contributed by atoms with Gasteiger partial charge < -0.3 is 5.11 Å². The average Bonchev–Trinajstić information content (AvgIpc) is 2.66. The van der Waals surface area contributed by atoms with Crippen molar-refractivity contribution in [1.82, 2.24) is 4.90 Å². The molecular formula is C15H11NO3S. The Bertz CT molecular complexity index is 710. The third kappa shape index (κ3) is 2.06. The van der Waals surface area contributed by atoms with E-state index in [9.17, 15) is 14.7 Å². The minimum Gasteiger partial charge on any atom is -0.508 e. The first-order valence-corrected chi connectivity index (χ1v) is 6.81. The molecule has 0 saturated heterocycles. The number of hydrogen-bond donors (Lipinski definition) is 1. The van der Waals surface area contributed by atoms with Gasteiger partial charge in [-0.25, -0.2) is 0 Å². The van der Waals surface area contributed by atoms with Crippen LogP contribution in [-0.2, 0) is 0 Å². The summed E-state index contributed by atoms with van der Waals surface area (Å²) in [5.74, 6) is -0.310. The van der Waals surface area contributed by atoms with Gasteiger partial charge in [0.05, 0.1) is 11.1 Å².